The van der Waals surface area contributed by atoms with Gasteiger partial charge in [-0.05, 0) is 43.2 Å². The van der Waals surface area contributed by atoms with Crippen molar-refractivity contribution in [3.63, 3.8) is 0 Å². The summed E-state index contributed by atoms with van der Waals surface area (Å²) in [7, 11) is 1.99. The van der Waals surface area contributed by atoms with E-state index >= 15 is 0 Å². The third kappa shape index (κ3) is 3.32. The van der Waals surface area contributed by atoms with Crippen molar-refractivity contribution >= 4 is 0 Å². The molecule has 0 spiro atoms. The molecule has 0 bridgehead atoms. The quantitative estimate of drug-likeness (QED) is 0.820. The van der Waals surface area contributed by atoms with Crippen LogP contribution in [0.3, 0.4) is 0 Å². The molecule has 1 aromatic rings. The molecule has 0 amide bonds. The number of rotatable bonds is 6. The molecule has 1 saturated carbocycles. The zero-order valence-electron chi connectivity index (χ0n) is 11.4. The van der Waals surface area contributed by atoms with Crippen molar-refractivity contribution in [3.05, 3.63) is 18.0 Å². The number of aromatic nitrogens is 2. The highest BCUT2D eigenvalue weighted by Crippen LogP contribution is 2.42. The van der Waals surface area contributed by atoms with Crippen LogP contribution in [0.2, 0.25) is 0 Å². The van der Waals surface area contributed by atoms with E-state index in [2.05, 4.69) is 30.3 Å². The fourth-order valence-electron chi connectivity index (χ4n) is 2.66. The Morgan fingerprint density at radius 1 is 1.47 bits per heavy atom. The molecule has 0 saturated heterocycles. The molecular weight excluding hydrogens is 210 g/mol. The van der Waals surface area contributed by atoms with Gasteiger partial charge in [0.2, 0.25) is 0 Å². The van der Waals surface area contributed by atoms with Gasteiger partial charge < -0.3 is 5.32 Å². The molecule has 3 nitrogen and oxygen atoms in total. The summed E-state index contributed by atoms with van der Waals surface area (Å²) in [5.74, 6) is 0.738. The molecular formula is C14H25N3. The standard InChI is InChI=1S/C14H25N3/c1-12(2)10-15-11-14(6-4-7-14)9-13-5-8-17(3)16-13/h5,8,12,15H,4,6-7,9-11H2,1-3H3. The van der Waals surface area contributed by atoms with E-state index < -0.39 is 0 Å². The van der Waals surface area contributed by atoms with Crippen LogP contribution in [-0.4, -0.2) is 22.9 Å². The molecule has 17 heavy (non-hydrogen) atoms. The molecule has 1 heterocycles. The first-order valence-corrected chi connectivity index (χ1v) is 6.79. The summed E-state index contributed by atoms with van der Waals surface area (Å²) >= 11 is 0. The molecule has 0 aromatic carbocycles. The van der Waals surface area contributed by atoms with E-state index in [1.54, 1.807) is 0 Å². The predicted octanol–water partition coefficient (Wildman–Crippen LogP) is 2.38. The van der Waals surface area contributed by atoms with Gasteiger partial charge in [-0.1, -0.05) is 20.3 Å². The average molecular weight is 235 g/mol. The highest BCUT2D eigenvalue weighted by molar-refractivity contribution is 5.06. The summed E-state index contributed by atoms with van der Waals surface area (Å²) in [6.45, 7) is 6.81. The SMILES string of the molecule is CC(C)CNCC1(Cc2ccn(C)n2)CCC1. The minimum absolute atomic E-state index is 0.489. The second-order valence-electron chi connectivity index (χ2n) is 6.04. The molecule has 1 fully saturated rings. The normalized spacial score (nSPS) is 18.4. The van der Waals surface area contributed by atoms with E-state index in [9.17, 15) is 0 Å². The molecule has 1 aliphatic rings. The lowest BCUT2D eigenvalue weighted by molar-refractivity contribution is 0.127. The van der Waals surface area contributed by atoms with Crippen LogP contribution in [0.25, 0.3) is 0 Å². The van der Waals surface area contributed by atoms with Crippen LogP contribution < -0.4 is 5.32 Å². The maximum atomic E-state index is 4.51. The minimum atomic E-state index is 0.489. The van der Waals surface area contributed by atoms with Gasteiger partial charge in [0.25, 0.3) is 0 Å². The molecule has 0 atom stereocenters. The van der Waals surface area contributed by atoms with Crippen molar-refractivity contribution in [1.82, 2.24) is 15.1 Å². The molecule has 1 aromatic heterocycles. The summed E-state index contributed by atoms with van der Waals surface area (Å²) in [6.07, 6.45) is 7.28. The van der Waals surface area contributed by atoms with Crippen molar-refractivity contribution in [1.29, 1.82) is 0 Å². The maximum absolute atomic E-state index is 4.51. The summed E-state index contributed by atoms with van der Waals surface area (Å²) in [6, 6.07) is 2.16. The average Bonchev–Trinajstić information content (AvgIpc) is 2.59. The minimum Gasteiger partial charge on any atom is -0.316 e. The zero-order valence-corrected chi connectivity index (χ0v) is 11.4. The first kappa shape index (κ1) is 12.6. The van der Waals surface area contributed by atoms with Crippen molar-refractivity contribution < 1.29 is 0 Å². The topological polar surface area (TPSA) is 29.9 Å². The van der Waals surface area contributed by atoms with E-state index in [4.69, 9.17) is 0 Å². The van der Waals surface area contributed by atoms with E-state index in [0.717, 1.165) is 25.4 Å². The molecule has 3 heteroatoms. The van der Waals surface area contributed by atoms with Crippen LogP contribution in [0.4, 0.5) is 0 Å². The lowest BCUT2D eigenvalue weighted by Crippen LogP contribution is -2.42. The van der Waals surface area contributed by atoms with Crippen LogP contribution in [-0.2, 0) is 13.5 Å². The Kier molecular flexibility index (Phi) is 3.87. The maximum Gasteiger partial charge on any atom is 0.0630 e. The molecule has 0 radical (unpaired) electrons. The molecule has 0 unspecified atom stereocenters. The highest BCUT2D eigenvalue weighted by Gasteiger charge is 2.37. The van der Waals surface area contributed by atoms with Crippen LogP contribution in [0.1, 0.15) is 38.8 Å². The molecule has 0 aliphatic heterocycles. The molecule has 1 aliphatic carbocycles. The van der Waals surface area contributed by atoms with Gasteiger partial charge in [0.05, 0.1) is 5.69 Å². The second kappa shape index (κ2) is 5.21. The summed E-state index contributed by atoms with van der Waals surface area (Å²) in [5, 5.41) is 8.13. The summed E-state index contributed by atoms with van der Waals surface area (Å²) < 4.78 is 1.91. The zero-order chi connectivity index (χ0) is 12.3. The summed E-state index contributed by atoms with van der Waals surface area (Å²) in [4.78, 5) is 0. The number of nitrogens with one attached hydrogen (secondary N) is 1. The van der Waals surface area contributed by atoms with Crippen LogP contribution in [0, 0.1) is 11.3 Å². The third-order valence-electron chi connectivity index (χ3n) is 3.79. The first-order valence-electron chi connectivity index (χ1n) is 6.79. The Morgan fingerprint density at radius 3 is 2.71 bits per heavy atom. The third-order valence-corrected chi connectivity index (χ3v) is 3.79. The highest BCUT2D eigenvalue weighted by atomic mass is 15.2. The van der Waals surface area contributed by atoms with E-state index in [-0.39, 0.29) is 0 Å². The van der Waals surface area contributed by atoms with Gasteiger partial charge in [-0.3, -0.25) is 4.68 Å². The first-order chi connectivity index (χ1) is 8.10. The Labute approximate surface area is 105 Å². The van der Waals surface area contributed by atoms with Crippen molar-refractivity contribution in [3.8, 4) is 0 Å². The molecule has 96 valence electrons. The van der Waals surface area contributed by atoms with Gasteiger partial charge in [0.15, 0.2) is 0 Å². The summed E-state index contributed by atoms with van der Waals surface area (Å²) in [5.41, 5.74) is 1.74. The van der Waals surface area contributed by atoms with Crippen LogP contribution in [0.5, 0.6) is 0 Å². The Morgan fingerprint density at radius 2 is 2.24 bits per heavy atom. The van der Waals surface area contributed by atoms with Gasteiger partial charge >= 0.3 is 0 Å². The van der Waals surface area contributed by atoms with Gasteiger partial charge in [-0.25, -0.2) is 0 Å². The number of hydrogen-bond donors (Lipinski definition) is 1. The Bertz CT molecular complexity index is 350. The molecule has 2 rings (SSSR count). The van der Waals surface area contributed by atoms with Gasteiger partial charge in [0, 0.05) is 19.8 Å². The number of aryl methyl sites for hydroxylation is 1. The van der Waals surface area contributed by atoms with Crippen molar-refractivity contribution in [2.24, 2.45) is 18.4 Å². The monoisotopic (exact) mass is 235 g/mol. The van der Waals surface area contributed by atoms with Gasteiger partial charge in [-0.15, -0.1) is 0 Å². The number of nitrogens with zero attached hydrogens (tertiary/aromatic N) is 2. The lowest BCUT2D eigenvalue weighted by Gasteiger charge is -2.42. The Hall–Kier alpha value is -0.830. The fourth-order valence-corrected chi connectivity index (χ4v) is 2.66. The van der Waals surface area contributed by atoms with Gasteiger partial charge in [0.1, 0.15) is 0 Å². The van der Waals surface area contributed by atoms with Crippen molar-refractivity contribution in [2.75, 3.05) is 13.1 Å². The van der Waals surface area contributed by atoms with Crippen LogP contribution >= 0.6 is 0 Å². The van der Waals surface area contributed by atoms with Crippen LogP contribution in [0.15, 0.2) is 12.3 Å². The van der Waals surface area contributed by atoms with Gasteiger partial charge in [-0.2, -0.15) is 5.10 Å². The van der Waals surface area contributed by atoms with E-state index in [1.165, 1.54) is 25.0 Å². The van der Waals surface area contributed by atoms with E-state index in [0.29, 0.717) is 5.41 Å². The Balaban J connectivity index is 1.86. The van der Waals surface area contributed by atoms with Crippen molar-refractivity contribution in [2.45, 2.75) is 39.5 Å². The number of hydrogen-bond acceptors (Lipinski definition) is 2. The lowest BCUT2D eigenvalue weighted by atomic mass is 9.66. The largest absolute Gasteiger partial charge is 0.316 e. The predicted molar refractivity (Wildman–Crippen MR) is 70.9 cm³/mol. The second-order valence-corrected chi connectivity index (χ2v) is 6.04. The fraction of sp³-hybridized carbons (Fsp3) is 0.786. The smallest absolute Gasteiger partial charge is 0.0630 e. The van der Waals surface area contributed by atoms with E-state index in [1.807, 2.05) is 17.9 Å². The molecule has 1 N–H and O–H groups in total.